The first-order chi connectivity index (χ1) is 3.56. The molecular weight excluding hydrogens is 204 g/mol. The molecule has 0 heterocycles. The zero-order valence-corrected chi connectivity index (χ0v) is 8.99. The van der Waals surface area contributed by atoms with Crippen LogP contribution in [0, 0.1) is 0 Å². The van der Waals surface area contributed by atoms with E-state index in [1.54, 1.807) is 0 Å². The predicted molar refractivity (Wildman–Crippen MR) is 43.5 cm³/mol. The van der Waals surface area contributed by atoms with Gasteiger partial charge in [0.2, 0.25) is 0 Å². The zero-order chi connectivity index (χ0) is 6.62. The summed E-state index contributed by atoms with van der Waals surface area (Å²) in [5.41, 5.74) is 0. The van der Waals surface area contributed by atoms with Crippen LogP contribution in [0.1, 0.15) is 6.42 Å². The normalized spacial score (nSPS) is 12.0. The minimum absolute atomic E-state index is 0.765. The Morgan fingerprint density at radius 3 is 2.00 bits per heavy atom. The van der Waals surface area contributed by atoms with Gasteiger partial charge in [-0.15, -0.1) is 0 Å². The molecule has 0 rings (SSSR count). The molecule has 0 radical (unpaired) electrons. The number of rotatable bonds is 3. The second-order valence-corrected chi connectivity index (χ2v) is 16.5. The molecule has 8 heavy (non-hydrogen) atoms. The topological polar surface area (TPSA) is 0 Å². The SMILES string of the molecule is [CH3][Ge]([CH3])([Cl])[CH2]CCCl. The predicted octanol–water partition coefficient (Wildman–Crippen LogP) is 3.06. The third kappa shape index (κ3) is 7.12. The van der Waals surface area contributed by atoms with Gasteiger partial charge in [0.25, 0.3) is 0 Å². The van der Waals surface area contributed by atoms with Gasteiger partial charge in [0.15, 0.2) is 0 Å². The van der Waals surface area contributed by atoms with E-state index in [1.165, 1.54) is 5.25 Å². The van der Waals surface area contributed by atoms with Gasteiger partial charge in [0.05, 0.1) is 0 Å². The first-order valence-electron chi connectivity index (χ1n) is 2.81. The molecule has 0 aliphatic rings. The fraction of sp³-hybridized carbons (Fsp3) is 1.00. The Morgan fingerprint density at radius 1 is 1.38 bits per heavy atom. The molecule has 0 aliphatic carbocycles. The monoisotopic (exact) mass is 216 g/mol. The summed E-state index contributed by atoms with van der Waals surface area (Å²) in [6.45, 7) is 0. The van der Waals surface area contributed by atoms with Crippen LogP contribution in [0.3, 0.4) is 0 Å². The molecule has 0 atom stereocenters. The van der Waals surface area contributed by atoms with Crippen LogP contribution < -0.4 is 0 Å². The summed E-state index contributed by atoms with van der Waals surface area (Å²) in [6.07, 6.45) is 1.10. The molecule has 0 aromatic heterocycles. The average molecular weight is 216 g/mol. The molecule has 0 nitrogen and oxygen atoms in total. The van der Waals surface area contributed by atoms with Crippen molar-refractivity contribution in [1.82, 2.24) is 0 Å². The van der Waals surface area contributed by atoms with Crippen molar-refractivity contribution < 1.29 is 0 Å². The van der Waals surface area contributed by atoms with Gasteiger partial charge >= 0.3 is 63.0 Å². The fourth-order valence-electron chi connectivity index (χ4n) is 0.487. The van der Waals surface area contributed by atoms with Crippen LogP contribution in [0.5, 0.6) is 0 Å². The van der Waals surface area contributed by atoms with E-state index in [2.05, 4.69) is 11.5 Å². The third-order valence-electron chi connectivity index (χ3n) is 0.905. The van der Waals surface area contributed by atoms with Crippen LogP contribution in [0.4, 0.5) is 0 Å². The number of hydrogen-bond acceptors (Lipinski definition) is 0. The number of hydrogen-bond donors (Lipinski definition) is 0. The van der Waals surface area contributed by atoms with Gasteiger partial charge in [0.1, 0.15) is 0 Å². The second-order valence-electron chi connectivity index (χ2n) is 2.51. The van der Waals surface area contributed by atoms with Gasteiger partial charge in [-0.1, -0.05) is 0 Å². The molecule has 0 bridgehead atoms. The second kappa shape index (κ2) is 4.02. The van der Waals surface area contributed by atoms with E-state index in [0.717, 1.165) is 12.3 Å². The molecule has 0 saturated heterocycles. The Morgan fingerprint density at radius 2 is 1.88 bits per heavy atom. The Hall–Kier alpha value is 1.12. The van der Waals surface area contributed by atoms with Crippen LogP contribution in [0.25, 0.3) is 0 Å². The van der Waals surface area contributed by atoms with Crippen LogP contribution in [0.2, 0.25) is 16.8 Å². The number of halogens is 2. The average Bonchev–Trinajstić information content (AvgIpc) is 1.59. The van der Waals surface area contributed by atoms with Gasteiger partial charge in [-0.05, 0) is 0 Å². The molecule has 0 amide bonds. The summed E-state index contributed by atoms with van der Waals surface area (Å²) in [4.78, 5) is 0. The fourth-order valence-corrected chi connectivity index (χ4v) is 3.92. The van der Waals surface area contributed by atoms with Crippen LogP contribution in [0.15, 0.2) is 0 Å². The summed E-state index contributed by atoms with van der Waals surface area (Å²) in [5, 5.41) is 1.19. The molecule has 50 valence electrons. The van der Waals surface area contributed by atoms with Crippen molar-refractivity contribution in [3.8, 4) is 0 Å². The van der Waals surface area contributed by atoms with E-state index >= 15 is 0 Å². The van der Waals surface area contributed by atoms with Crippen molar-refractivity contribution in [2.75, 3.05) is 5.88 Å². The van der Waals surface area contributed by atoms with Crippen molar-refractivity contribution >= 4 is 33.9 Å². The Bertz CT molecular complexity index is 57.9. The Kier molecular flexibility index (Phi) is 4.59. The van der Waals surface area contributed by atoms with Gasteiger partial charge in [-0.2, -0.15) is 0 Å². The molecular formula is C5H12Cl2Ge. The van der Waals surface area contributed by atoms with E-state index in [1.807, 2.05) is 0 Å². The van der Waals surface area contributed by atoms with E-state index in [0.29, 0.717) is 0 Å². The quantitative estimate of drug-likeness (QED) is 0.502. The van der Waals surface area contributed by atoms with E-state index in [4.69, 9.17) is 21.6 Å². The standard InChI is InChI=1S/C5H12Cl2Ge/c1-8(2,7)5-3-4-6/h3-5H2,1-2H3. The first-order valence-corrected chi connectivity index (χ1v) is 11.8. The van der Waals surface area contributed by atoms with Crippen molar-refractivity contribution in [3.05, 3.63) is 0 Å². The summed E-state index contributed by atoms with van der Waals surface area (Å²) in [7, 11) is 6.04. The third-order valence-corrected chi connectivity index (χ3v) is 5.39. The molecule has 0 fully saturated rings. The molecule has 0 aromatic carbocycles. The van der Waals surface area contributed by atoms with Crippen LogP contribution in [-0.4, -0.2) is 18.2 Å². The van der Waals surface area contributed by atoms with Crippen molar-refractivity contribution in [2.24, 2.45) is 0 Å². The first kappa shape index (κ1) is 9.12. The van der Waals surface area contributed by atoms with Gasteiger partial charge in [0, 0.05) is 0 Å². The minimum atomic E-state index is -1.72. The molecule has 0 aromatic rings. The van der Waals surface area contributed by atoms with Crippen LogP contribution in [-0.2, 0) is 0 Å². The maximum absolute atomic E-state index is 6.04. The molecule has 0 aliphatic heterocycles. The van der Waals surface area contributed by atoms with Crippen LogP contribution >= 0.6 is 21.6 Å². The van der Waals surface area contributed by atoms with Crippen molar-refractivity contribution in [3.63, 3.8) is 0 Å². The summed E-state index contributed by atoms with van der Waals surface area (Å²) in [5.74, 6) is 5.14. The van der Waals surface area contributed by atoms with Gasteiger partial charge in [-0.3, -0.25) is 0 Å². The molecule has 3 heteroatoms. The van der Waals surface area contributed by atoms with Gasteiger partial charge in [-0.25, -0.2) is 0 Å². The Balaban J connectivity index is 3.11. The van der Waals surface area contributed by atoms with Crippen molar-refractivity contribution in [1.29, 1.82) is 0 Å². The van der Waals surface area contributed by atoms with Gasteiger partial charge < -0.3 is 0 Å². The van der Waals surface area contributed by atoms with E-state index < -0.39 is 12.3 Å². The zero-order valence-electron chi connectivity index (χ0n) is 5.38. The molecule has 0 spiro atoms. The number of alkyl halides is 1. The summed E-state index contributed by atoms with van der Waals surface area (Å²) < 4.78 is 0. The summed E-state index contributed by atoms with van der Waals surface area (Å²) in [6, 6.07) is 0. The Labute approximate surface area is 63.1 Å². The molecule has 0 saturated carbocycles. The molecule has 0 unspecified atom stereocenters. The van der Waals surface area contributed by atoms with E-state index in [-0.39, 0.29) is 0 Å². The molecule has 0 N–H and O–H groups in total. The van der Waals surface area contributed by atoms with E-state index in [9.17, 15) is 0 Å². The van der Waals surface area contributed by atoms with Crippen molar-refractivity contribution in [2.45, 2.75) is 23.2 Å². The summed E-state index contributed by atoms with van der Waals surface area (Å²) >= 11 is 3.76. The maximum atomic E-state index is 6.04.